The van der Waals surface area contributed by atoms with Gasteiger partial charge in [0.1, 0.15) is 5.60 Å². The van der Waals surface area contributed by atoms with Crippen molar-refractivity contribution in [2.45, 2.75) is 57.8 Å². The highest BCUT2D eigenvalue weighted by molar-refractivity contribution is 6.29. The van der Waals surface area contributed by atoms with Crippen LogP contribution in [0.15, 0.2) is 60.7 Å². The van der Waals surface area contributed by atoms with Crippen molar-refractivity contribution in [2.24, 2.45) is 0 Å². The Morgan fingerprint density at radius 2 is 1.82 bits per heavy atom. The van der Waals surface area contributed by atoms with Gasteiger partial charge in [0.25, 0.3) is 0 Å². The molecule has 0 aliphatic carbocycles. The Balaban J connectivity index is 1.55. The van der Waals surface area contributed by atoms with Crippen molar-refractivity contribution in [2.75, 3.05) is 6.54 Å². The van der Waals surface area contributed by atoms with Crippen LogP contribution in [0.1, 0.15) is 56.5 Å². The van der Waals surface area contributed by atoms with Crippen molar-refractivity contribution < 1.29 is 14.6 Å². The summed E-state index contributed by atoms with van der Waals surface area (Å²) in [5.74, 6) is 0. The quantitative estimate of drug-likeness (QED) is 0.464. The molecule has 0 bridgehead atoms. The summed E-state index contributed by atoms with van der Waals surface area (Å²) in [7, 11) is 0. The van der Waals surface area contributed by atoms with E-state index in [-0.39, 0.29) is 12.1 Å². The monoisotopic (exact) mass is 479 g/mol. The third-order valence-electron chi connectivity index (χ3n) is 6.41. The Labute approximate surface area is 205 Å². The average molecular weight is 480 g/mol. The van der Waals surface area contributed by atoms with Crippen LogP contribution in [0.2, 0.25) is 5.15 Å². The molecule has 1 fully saturated rings. The van der Waals surface area contributed by atoms with E-state index in [0.717, 1.165) is 27.9 Å². The lowest BCUT2D eigenvalue weighted by molar-refractivity contribution is -0.101. The van der Waals surface area contributed by atoms with Crippen molar-refractivity contribution in [3.05, 3.63) is 82.6 Å². The van der Waals surface area contributed by atoms with Crippen molar-refractivity contribution in [3.8, 4) is 11.1 Å². The number of aryl methyl sites for hydroxylation is 1. The SMILES string of the molecule is Cc1nnc(Cl)cc1-c1ccc([C@H](C)N2CCC(CC(C)(C)O)(c3ccccc3)OC2=O)cc1. The standard InChI is InChI=1S/C27H30ClN3O3/c1-18-23(16-24(28)30-29-18)21-12-10-20(11-13-21)19(2)31-15-14-27(34-25(31)32,17-26(3,4)33)22-8-6-5-7-9-22/h5-13,16,19,33H,14-15,17H2,1-4H3/t19-,27?/m0/s1. The molecule has 0 saturated carbocycles. The number of hydrogen-bond acceptors (Lipinski definition) is 5. The summed E-state index contributed by atoms with van der Waals surface area (Å²) in [4.78, 5) is 15.0. The number of ether oxygens (including phenoxy) is 1. The first-order valence-corrected chi connectivity index (χ1v) is 11.8. The Hall–Kier alpha value is -2.96. The highest BCUT2D eigenvalue weighted by Gasteiger charge is 2.46. The smallest absolute Gasteiger partial charge is 0.411 e. The van der Waals surface area contributed by atoms with Crippen LogP contribution in [0.25, 0.3) is 11.1 Å². The lowest BCUT2D eigenvalue weighted by Crippen LogP contribution is -2.51. The summed E-state index contributed by atoms with van der Waals surface area (Å²) >= 11 is 6.03. The van der Waals surface area contributed by atoms with Crippen molar-refractivity contribution in [1.82, 2.24) is 15.1 Å². The number of halogens is 1. The lowest BCUT2D eigenvalue weighted by Gasteiger charge is -2.45. The molecule has 1 N–H and O–H groups in total. The van der Waals surface area contributed by atoms with Gasteiger partial charge in [-0.1, -0.05) is 66.2 Å². The van der Waals surface area contributed by atoms with Gasteiger partial charge in [-0.3, -0.25) is 0 Å². The van der Waals surface area contributed by atoms with Gasteiger partial charge in [-0.2, -0.15) is 5.10 Å². The van der Waals surface area contributed by atoms with Gasteiger partial charge in [-0.15, -0.1) is 5.10 Å². The average Bonchev–Trinajstić information content (AvgIpc) is 2.80. The molecule has 7 heteroatoms. The molecule has 6 nitrogen and oxygen atoms in total. The van der Waals surface area contributed by atoms with Crippen molar-refractivity contribution in [1.29, 1.82) is 0 Å². The number of carbonyl (C=O) groups excluding carboxylic acids is 1. The minimum Gasteiger partial charge on any atom is -0.438 e. The normalized spacial score (nSPS) is 19.6. The van der Waals surface area contributed by atoms with Crippen LogP contribution in [-0.4, -0.2) is 38.4 Å². The fourth-order valence-electron chi connectivity index (χ4n) is 4.73. The third kappa shape index (κ3) is 5.08. The number of aromatic nitrogens is 2. The zero-order valence-electron chi connectivity index (χ0n) is 20.0. The largest absolute Gasteiger partial charge is 0.438 e. The van der Waals surface area contributed by atoms with Gasteiger partial charge in [0.15, 0.2) is 5.15 Å². The Morgan fingerprint density at radius 1 is 1.15 bits per heavy atom. The number of carbonyl (C=O) groups is 1. The molecule has 1 unspecified atom stereocenters. The topological polar surface area (TPSA) is 75.6 Å². The predicted molar refractivity (Wildman–Crippen MR) is 132 cm³/mol. The van der Waals surface area contributed by atoms with E-state index in [9.17, 15) is 9.90 Å². The number of amides is 1. The van der Waals surface area contributed by atoms with Crippen LogP contribution in [0.3, 0.4) is 0 Å². The van der Waals surface area contributed by atoms with E-state index in [0.29, 0.717) is 24.5 Å². The zero-order valence-corrected chi connectivity index (χ0v) is 20.7. The molecule has 1 aromatic heterocycles. The molecule has 3 aromatic rings. The second kappa shape index (κ2) is 9.35. The second-order valence-electron chi connectivity index (χ2n) is 9.63. The highest BCUT2D eigenvalue weighted by atomic mass is 35.5. The predicted octanol–water partition coefficient (Wildman–Crippen LogP) is 6.07. The van der Waals surface area contributed by atoms with E-state index in [1.165, 1.54) is 0 Å². The van der Waals surface area contributed by atoms with Gasteiger partial charge < -0.3 is 14.7 Å². The maximum Gasteiger partial charge on any atom is 0.411 e. The molecule has 34 heavy (non-hydrogen) atoms. The van der Waals surface area contributed by atoms with Crippen LogP contribution in [0.5, 0.6) is 0 Å². The minimum absolute atomic E-state index is 0.169. The molecule has 2 atom stereocenters. The number of rotatable bonds is 6. The number of aliphatic hydroxyl groups is 1. The Kier molecular flexibility index (Phi) is 6.65. The molecule has 178 valence electrons. The highest BCUT2D eigenvalue weighted by Crippen LogP contribution is 2.42. The Bertz CT molecular complexity index is 1160. The molecule has 2 aromatic carbocycles. The fourth-order valence-corrected chi connectivity index (χ4v) is 4.88. The molecule has 4 rings (SSSR count). The summed E-state index contributed by atoms with van der Waals surface area (Å²) in [6.07, 6.45) is 0.543. The third-order valence-corrected chi connectivity index (χ3v) is 6.60. The minimum atomic E-state index is -0.984. The number of nitrogens with zero attached hydrogens (tertiary/aromatic N) is 3. The van der Waals surface area contributed by atoms with E-state index < -0.39 is 11.2 Å². The molecule has 2 heterocycles. The van der Waals surface area contributed by atoms with E-state index >= 15 is 0 Å². The van der Waals surface area contributed by atoms with E-state index in [2.05, 4.69) is 10.2 Å². The fraction of sp³-hybridized carbons (Fsp3) is 0.370. The van der Waals surface area contributed by atoms with Gasteiger partial charge in [0.2, 0.25) is 0 Å². The van der Waals surface area contributed by atoms with Crippen LogP contribution in [0, 0.1) is 6.92 Å². The number of hydrogen-bond donors (Lipinski definition) is 1. The van der Waals surface area contributed by atoms with E-state index in [1.54, 1.807) is 24.8 Å². The molecule has 1 amide bonds. The molecule has 1 saturated heterocycles. The summed E-state index contributed by atoms with van der Waals surface area (Å²) < 4.78 is 6.11. The summed E-state index contributed by atoms with van der Waals surface area (Å²) in [5, 5.41) is 18.9. The van der Waals surface area contributed by atoms with Gasteiger partial charge in [0.05, 0.1) is 17.3 Å². The van der Waals surface area contributed by atoms with Crippen LogP contribution in [0.4, 0.5) is 4.79 Å². The maximum absolute atomic E-state index is 13.2. The zero-order chi connectivity index (χ0) is 24.5. The Morgan fingerprint density at radius 3 is 2.44 bits per heavy atom. The maximum atomic E-state index is 13.2. The van der Waals surface area contributed by atoms with Crippen LogP contribution < -0.4 is 0 Å². The number of benzene rings is 2. The van der Waals surface area contributed by atoms with Gasteiger partial charge >= 0.3 is 6.09 Å². The molecule has 0 radical (unpaired) electrons. The molecule has 0 spiro atoms. The first-order valence-electron chi connectivity index (χ1n) is 11.5. The van der Waals surface area contributed by atoms with E-state index in [4.69, 9.17) is 16.3 Å². The van der Waals surface area contributed by atoms with Crippen LogP contribution in [-0.2, 0) is 10.3 Å². The molecular formula is C27H30ClN3O3. The summed E-state index contributed by atoms with van der Waals surface area (Å²) in [6.45, 7) is 7.91. The van der Waals surface area contributed by atoms with Crippen LogP contribution >= 0.6 is 11.6 Å². The van der Waals surface area contributed by atoms with Crippen molar-refractivity contribution in [3.63, 3.8) is 0 Å². The van der Waals surface area contributed by atoms with Gasteiger partial charge in [-0.05, 0) is 50.5 Å². The molecule has 1 aliphatic heterocycles. The first kappa shape index (κ1) is 24.2. The first-order chi connectivity index (χ1) is 16.1. The molecule has 1 aliphatic rings. The summed E-state index contributed by atoms with van der Waals surface area (Å²) in [5.41, 5.74) is 2.78. The van der Waals surface area contributed by atoms with Crippen molar-refractivity contribution >= 4 is 17.7 Å². The van der Waals surface area contributed by atoms with E-state index in [1.807, 2.05) is 68.4 Å². The number of cyclic esters (lactones) is 1. The second-order valence-corrected chi connectivity index (χ2v) is 10.0. The van der Waals surface area contributed by atoms with Gasteiger partial charge in [-0.25, -0.2) is 4.79 Å². The van der Waals surface area contributed by atoms with Gasteiger partial charge in [0, 0.05) is 24.9 Å². The summed E-state index contributed by atoms with van der Waals surface area (Å²) in [6, 6.07) is 19.4. The lowest BCUT2D eigenvalue weighted by atomic mass is 9.80. The molecular weight excluding hydrogens is 450 g/mol.